The summed E-state index contributed by atoms with van der Waals surface area (Å²) in [5.41, 5.74) is 18.8. The highest BCUT2D eigenvalue weighted by Crippen LogP contribution is 2.27. The summed E-state index contributed by atoms with van der Waals surface area (Å²) in [4.78, 5) is 32.4. The molecule has 55 heavy (non-hydrogen) atoms. The standard InChI is InChI=1S/C21H25FN6.C20H22FN5O/c1-27-7-5-17(6-8-27)28(2)12-14-9-15(11-16(22)10-14)18-3-4-19-20(26-18)21(23)25-13-24-19;21-16-8-14(10-26-5-3-13(11-27)4-6-26)7-15(9-16)17-1-2-18-19(25-17)20(22)24-12-23-18/h3-4,9-11,13,17H,5-8,12H2,1-2H3,(H2,23,24,25);1-2,7-9,12-13,27H,3-6,10-11H2,(H2,22,23,24). The molecular formula is C41H47F2N11O. The molecule has 0 aliphatic carbocycles. The zero-order valence-corrected chi connectivity index (χ0v) is 31.2. The van der Waals surface area contributed by atoms with E-state index in [2.05, 4.69) is 58.7 Å². The van der Waals surface area contributed by atoms with Gasteiger partial charge in [0.25, 0.3) is 0 Å². The highest BCUT2D eigenvalue weighted by Gasteiger charge is 2.22. The van der Waals surface area contributed by atoms with E-state index < -0.39 is 0 Å². The molecule has 2 fully saturated rings. The number of fused-ring (bicyclic) bond motifs is 2. The lowest BCUT2D eigenvalue weighted by Crippen LogP contribution is -2.41. The number of piperidine rings is 2. The SMILES string of the molecule is CN1CCC(N(C)Cc2cc(F)cc(-c3ccc4ncnc(N)c4n3)c2)CC1.Nc1ncnc2ccc(-c3cc(F)cc(CN4CCC(CO)CC4)c3)nc12. The van der Waals surface area contributed by atoms with Crippen LogP contribution in [-0.4, -0.2) is 103 Å². The summed E-state index contributed by atoms with van der Waals surface area (Å²) in [6.07, 6.45) is 7.05. The number of nitrogens with zero attached hydrogens (tertiary/aromatic N) is 9. The minimum absolute atomic E-state index is 0.248. The van der Waals surface area contributed by atoms with Gasteiger partial charge in [-0.1, -0.05) is 0 Å². The van der Waals surface area contributed by atoms with Crippen molar-refractivity contribution in [3.8, 4) is 22.5 Å². The normalized spacial score (nSPS) is 16.1. The van der Waals surface area contributed by atoms with Crippen molar-refractivity contribution in [2.45, 2.75) is 44.8 Å². The molecule has 286 valence electrons. The molecule has 12 nitrogen and oxygen atoms in total. The van der Waals surface area contributed by atoms with Crippen LogP contribution in [0.3, 0.4) is 0 Å². The van der Waals surface area contributed by atoms with Gasteiger partial charge in [-0.3, -0.25) is 9.80 Å². The number of hydrogen-bond donors (Lipinski definition) is 3. The van der Waals surface area contributed by atoms with E-state index in [-0.39, 0.29) is 18.2 Å². The number of nitrogens with two attached hydrogens (primary N) is 2. The van der Waals surface area contributed by atoms with Crippen molar-refractivity contribution in [3.05, 3.63) is 96.1 Å². The minimum atomic E-state index is -0.285. The lowest BCUT2D eigenvalue weighted by molar-refractivity contribution is 0.127. The molecule has 2 aliphatic rings. The van der Waals surface area contributed by atoms with Crippen LogP contribution in [0.2, 0.25) is 0 Å². The molecule has 2 aliphatic heterocycles. The van der Waals surface area contributed by atoms with Crippen LogP contribution in [0.5, 0.6) is 0 Å². The van der Waals surface area contributed by atoms with Crippen LogP contribution in [0, 0.1) is 17.6 Å². The number of benzene rings is 2. The van der Waals surface area contributed by atoms with Gasteiger partial charge in [-0.2, -0.15) is 0 Å². The number of aliphatic hydroxyl groups excluding tert-OH is 1. The van der Waals surface area contributed by atoms with E-state index >= 15 is 0 Å². The summed E-state index contributed by atoms with van der Waals surface area (Å²) in [5, 5.41) is 9.27. The Kier molecular flexibility index (Phi) is 11.8. The fourth-order valence-electron chi connectivity index (χ4n) is 7.46. The van der Waals surface area contributed by atoms with Crippen LogP contribution in [-0.2, 0) is 13.1 Å². The Bertz CT molecular complexity index is 2260. The summed E-state index contributed by atoms with van der Waals surface area (Å²) < 4.78 is 28.6. The molecule has 4 aromatic heterocycles. The molecule has 0 unspecified atom stereocenters. The molecule has 0 atom stereocenters. The first-order valence-electron chi connectivity index (χ1n) is 18.7. The van der Waals surface area contributed by atoms with Crippen molar-refractivity contribution in [3.63, 3.8) is 0 Å². The van der Waals surface area contributed by atoms with Gasteiger partial charge in [-0.15, -0.1) is 0 Å². The maximum atomic E-state index is 14.3. The number of anilines is 2. The van der Waals surface area contributed by atoms with Crippen molar-refractivity contribution in [1.29, 1.82) is 0 Å². The van der Waals surface area contributed by atoms with Gasteiger partial charge in [0.15, 0.2) is 11.6 Å². The maximum Gasteiger partial charge on any atom is 0.153 e. The topological polar surface area (TPSA) is 159 Å². The van der Waals surface area contributed by atoms with Crippen LogP contribution < -0.4 is 11.5 Å². The van der Waals surface area contributed by atoms with E-state index in [0.29, 0.717) is 75.7 Å². The maximum absolute atomic E-state index is 14.3. The first-order valence-corrected chi connectivity index (χ1v) is 18.7. The predicted octanol–water partition coefficient (Wildman–Crippen LogP) is 5.56. The second-order valence-corrected chi connectivity index (χ2v) is 14.7. The monoisotopic (exact) mass is 747 g/mol. The summed E-state index contributed by atoms with van der Waals surface area (Å²) in [6.45, 7) is 5.68. The Morgan fingerprint density at radius 2 is 1.24 bits per heavy atom. The van der Waals surface area contributed by atoms with Gasteiger partial charge in [-0.05, 0) is 144 Å². The summed E-state index contributed by atoms with van der Waals surface area (Å²) in [5.74, 6) is 0.477. The van der Waals surface area contributed by atoms with Crippen LogP contribution in [0.1, 0.15) is 36.8 Å². The zero-order valence-electron chi connectivity index (χ0n) is 31.2. The molecule has 0 bridgehead atoms. The molecule has 6 aromatic rings. The summed E-state index contributed by atoms with van der Waals surface area (Å²) >= 11 is 0. The Morgan fingerprint density at radius 1 is 0.709 bits per heavy atom. The molecule has 2 saturated heterocycles. The van der Waals surface area contributed by atoms with Gasteiger partial charge in [0.1, 0.15) is 35.3 Å². The molecule has 0 amide bonds. The van der Waals surface area contributed by atoms with Crippen molar-refractivity contribution in [2.24, 2.45) is 5.92 Å². The molecule has 0 spiro atoms. The average Bonchev–Trinajstić information content (AvgIpc) is 3.18. The van der Waals surface area contributed by atoms with E-state index in [1.54, 1.807) is 12.1 Å². The average molecular weight is 748 g/mol. The number of halogens is 2. The molecule has 0 saturated carbocycles. The minimum Gasteiger partial charge on any atom is -0.396 e. The molecule has 6 heterocycles. The second kappa shape index (κ2) is 17.0. The Labute approximate surface area is 319 Å². The molecule has 2 aromatic carbocycles. The lowest BCUT2D eigenvalue weighted by atomic mass is 9.97. The third kappa shape index (κ3) is 9.34. The van der Waals surface area contributed by atoms with Gasteiger partial charge in [0, 0.05) is 36.9 Å². The van der Waals surface area contributed by atoms with Crippen molar-refractivity contribution < 1.29 is 13.9 Å². The number of aliphatic hydroxyl groups is 1. The second-order valence-electron chi connectivity index (χ2n) is 14.7. The summed E-state index contributed by atoms with van der Waals surface area (Å²) in [7, 11) is 4.27. The fraction of sp³-hybridized carbons (Fsp3) is 0.366. The number of rotatable bonds is 8. The zero-order chi connectivity index (χ0) is 38.5. The molecular weight excluding hydrogens is 701 g/mol. The number of pyridine rings is 2. The van der Waals surface area contributed by atoms with Gasteiger partial charge >= 0.3 is 0 Å². The van der Waals surface area contributed by atoms with E-state index in [4.69, 9.17) is 11.5 Å². The quantitative estimate of drug-likeness (QED) is 0.178. The predicted molar refractivity (Wildman–Crippen MR) is 211 cm³/mol. The van der Waals surface area contributed by atoms with Crippen LogP contribution in [0.15, 0.2) is 73.3 Å². The fourth-order valence-corrected chi connectivity index (χ4v) is 7.46. The first-order chi connectivity index (χ1) is 26.6. The van der Waals surface area contributed by atoms with Crippen molar-refractivity contribution in [1.82, 2.24) is 44.6 Å². The van der Waals surface area contributed by atoms with E-state index in [1.165, 1.54) is 24.8 Å². The molecule has 8 rings (SSSR count). The third-order valence-electron chi connectivity index (χ3n) is 10.6. The Balaban J connectivity index is 0.000000169. The number of likely N-dealkylation sites (tertiary alicyclic amines) is 2. The molecule has 0 radical (unpaired) electrons. The largest absolute Gasteiger partial charge is 0.396 e. The van der Waals surface area contributed by atoms with E-state index in [0.717, 1.165) is 68.6 Å². The lowest BCUT2D eigenvalue weighted by Gasteiger charge is -2.35. The number of nitrogen functional groups attached to an aromatic ring is 2. The molecule has 5 N–H and O–H groups in total. The van der Waals surface area contributed by atoms with Crippen molar-refractivity contribution >= 4 is 33.7 Å². The van der Waals surface area contributed by atoms with Crippen molar-refractivity contribution in [2.75, 3.05) is 58.3 Å². The smallest absolute Gasteiger partial charge is 0.153 e. The van der Waals surface area contributed by atoms with Gasteiger partial charge in [0.05, 0.1) is 22.4 Å². The van der Waals surface area contributed by atoms with Gasteiger partial charge < -0.3 is 21.5 Å². The Hall–Kier alpha value is -5.28. The van der Waals surface area contributed by atoms with Crippen LogP contribution in [0.4, 0.5) is 20.4 Å². The van der Waals surface area contributed by atoms with Gasteiger partial charge in [0.2, 0.25) is 0 Å². The summed E-state index contributed by atoms with van der Waals surface area (Å²) in [6, 6.07) is 18.0. The highest BCUT2D eigenvalue weighted by atomic mass is 19.1. The van der Waals surface area contributed by atoms with E-state index in [1.807, 2.05) is 36.4 Å². The number of hydrogen-bond acceptors (Lipinski definition) is 12. The van der Waals surface area contributed by atoms with Crippen LogP contribution in [0.25, 0.3) is 44.6 Å². The highest BCUT2D eigenvalue weighted by molar-refractivity contribution is 5.86. The van der Waals surface area contributed by atoms with Gasteiger partial charge in [-0.25, -0.2) is 38.7 Å². The number of aromatic nitrogens is 6. The van der Waals surface area contributed by atoms with E-state index in [9.17, 15) is 13.9 Å². The molecule has 14 heteroatoms. The first kappa shape index (κ1) is 38.0. The third-order valence-corrected chi connectivity index (χ3v) is 10.6. The Morgan fingerprint density at radius 3 is 1.78 bits per heavy atom. The van der Waals surface area contributed by atoms with Crippen LogP contribution >= 0.6 is 0 Å².